The van der Waals surface area contributed by atoms with Gasteiger partial charge in [0.1, 0.15) is 25.4 Å². The van der Waals surface area contributed by atoms with Gasteiger partial charge in [0.2, 0.25) is 0 Å². The second-order valence-corrected chi connectivity index (χ2v) is 6.26. The molecule has 5 atom stereocenters. The van der Waals surface area contributed by atoms with Crippen molar-refractivity contribution < 1.29 is 42.9 Å². The molecule has 1 amide bonds. The highest BCUT2D eigenvalue weighted by Crippen LogP contribution is 2.31. The van der Waals surface area contributed by atoms with Crippen molar-refractivity contribution in [1.82, 2.24) is 5.32 Å². The number of hydrogen-bond donors (Lipinski definition) is 1. The van der Waals surface area contributed by atoms with E-state index in [0.717, 1.165) is 0 Å². The Morgan fingerprint density at radius 2 is 1.61 bits per heavy atom. The second kappa shape index (κ2) is 11.3. The molecule has 0 radical (unpaired) electrons. The van der Waals surface area contributed by atoms with Gasteiger partial charge in [-0.2, -0.15) is 0 Å². The van der Waals surface area contributed by atoms with Crippen molar-refractivity contribution in [2.24, 2.45) is 5.92 Å². The van der Waals surface area contributed by atoms with E-state index in [1.54, 1.807) is 6.92 Å². The molecule has 0 saturated carbocycles. The molecule has 158 valence electrons. The molecule has 1 heterocycles. The first-order chi connectivity index (χ1) is 13.1. The molecular formula is C18H27NO9. The summed E-state index contributed by atoms with van der Waals surface area (Å²) in [4.78, 5) is 46.1. The predicted octanol–water partition coefficient (Wildman–Crippen LogP) is 0.729. The molecule has 4 unspecified atom stereocenters. The van der Waals surface area contributed by atoms with E-state index in [9.17, 15) is 19.2 Å². The van der Waals surface area contributed by atoms with E-state index in [-0.39, 0.29) is 19.8 Å². The van der Waals surface area contributed by atoms with Gasteiger partial charge in [-0.05, 0) is 6.92 Å². The van der Waals surface area contributed by atoms with E-state index in [1.165, 1.54) is 26.8 Å². The second-order valence-electron chi connectivity index (χ2n) is 6.26. The van der Waals surface area contributed by atoms with Gasteiger partial charge in [0.25, 0.3) is 0 Å². The van der Waals surface area contributed by atoms with Gasteiger partial charge in [-0.25, -0.2) is 4.79 Å². The van der Waals surface area contributed by atoms with Crippen LogP contribution in [-0.2, 0) is 38.1 Å². The lowest BCUT2D eigenvalue weighted by Gasteiger charge is -2.44. The van der Waals surface area contributed by atoms with Crippen LogP contribution < -0.4 is 5.32 Å². The summed E-state index contributed by atoms with van der Waals surface area (Å²) in [6, 6.07) is 0. The van der Waals surface area contributed by atoms with Crippen molar-refractivity contribution >= 4 is 24.0 Å². The van der Waals surface area contributed by atoms with Gasteiger partial charge in [0.05, 0.1) is 6.10 Å². The first kappa shape index (κ1) is 23.4. The number of carbonyl (C=O) groups is 4. The van der Waals surface area contributed by atoms with Crippen LogP contribution in [0.1, 0.15) is 27.7 Å². The summed E-state index contributed by atoms with van der Waals surface area (Å²) in [6.07, 6.45) is -2.56. The maximum absolute atomic E-state index is 11.7. The number of amides is 1. The van der Waals surface area contributed by atoms with Crippen molar-refractivity contribution in [3.8, 4) is 0 Å². The quantitative estimate of drug-likeness (QED) is 0.356. The van der Waals surface area contributed by atoms with Crippen LogP contribution in [0, 0.1) is 5.92 Å². The van der Waals surface area contributed by atoms with Crippen molar-refractivity contribution in [2.45, 2.75) is 52.1 Å². The van der Waals surface area contributed by atoms with Crippen LogP contribution in [0.2, 0.25) is 0 Å². The van der Waals surface area contributed by atoms with Crippen LogP contribution >= 0.6 is 0 Å². The number of rotatable bonds is 8. The average molecular weight is 401 g/mol. The lowest BCUT2D eigenvalue weighted by atomic mass is 9.86. The third-order valence-electron chi connectivity index (χ3n) is 3.97. The largest absolute Gasteiger partial charge is 0.463 e. The van der Waals surface area contributed by atoms with Gasteiger partial charge in [-0.3, -0.25) is 14.4 Å². The number of nitrogens with one attached hydrogen (secondary N) is 1. The van der Waals surface area contributed by atoms with Crippen molar-refractivity contribution in [2.75, 3.05) is 19.8 Å². The number of hydrogen-bond acceptors (Lipinski definition) is 9. The maximum atomic E-state index is 11.7. The fourth-order valence-corrected chi connectivity index (χ4v) is 2.86. The van der Waals surface area contributed by atoms with Gasteiger partial charge in [0, 0.05) is 33.2 Å². The van der Waals surface area contributed by atoms with Gasteiger partial charge in [-0.1, -0.05) is 12.7 Å². The van der Waals surface area contributed by atoms with Crippen LogP contribution in [0.25, 0.3) is 0 Å². The molecule has 0 aromatic rings. The van der Waals surface area contributed by atoms with Crippen molar-refractivity contribution in [1.29, 1.82) is 0 Å². The first-order valence-corrected chi connectivity index (χ1v) is 8.80. The van der Waals surface area contributed by atoms with Crippen LogP contribution in [0.3, 0.4) is 0 Å². The van der Waals surface area contributed by atoms with E-state index in [2.05, 4.69) is 11.9 Å². The van der Waals surface area contributed by atoms with Crippen molar-refractivity contribution in [3.63, 3.8) is 0 Å². The number of esters is 3. The highest BCUT2D eigenvalue weighted by atomic mass is 16.6. The number of carbonyl (C=O) groups excluding carboxylic acids is 4. The molecule has 0 aromatic heterocycles. The smallest absolute Gasteiger partial charge is 0.407 e. The van der Waals surface area contributed by atoms with Gasteiger partial charge < -0.3 is 29.0 Å². The fourth-order valence-electron chi connectivity index (χ4n) is 2.86. The molecule has 10 nitrogen and oxygen atoms in total. The third-order valence-corrected chi connectivity index (χ3v) is 3.97. The summed E-state index contributed by atoms with van der Waals surface area (Å²) in [5.74, 6) is -2.29. The van der Waals surface area contributed by atoms with E-state index in [4.69, 9.17) is 23.7 Å². The van der Waals surface area contributed by atoms with E-state index in [1.807, 2.05) is 0 Å². The van der Waals surface area contributed by atoms with E-state index in [0.29, 0.717) is 0 Å². The highest BCUT2D eigenvalue weighted by Gasteiger charge is 2.48. The molecule has 1 aliphatic heterocycles. The molecule has 0 aliphatic carbocycles. The molecule has 1 fully saturated rings. The molecule has 1 rings (SSSR count). The monoisotopic (exact) mass is 401 g/mol. The molecule has 1 aliphatic rings. The van der Waals surface area contributed by atoms with Crippen molar-refractivity contribution in [3.05, 3.63) is 12.7 Å². The molecule has 1 N–H and O–H groups in total. The summed E-state index contributed by atoms with van der Waals surface area (Å²) >= 11 is 0. The summed E-state index contributed by atoms with van der Waals surface area (Å²) in [6.45, 7) is 8.70. The van der Waals surface area contributed by atoms with E-state index >= 15 is 0 Å². The SMILES string of the molecule is C=CCOC(=O)NCC1C(OC(C)=O)C(OC(C)=O)C(COC(C)=O)O[C@H]1C. The lowest BCUT2D eigenvalue weighted by molar-refractivity contribution is -0.229. The Morgan fingerprint density at radius 3 is 2.14 bits per heavy atom. The molecule has 28 heavy (non-hydrogen) atoms. The zero-order valence-corrected chi connectivity index (χ0v) is 16.5. The molecule has 1 saturated heterocycles. The standard InChI is InChI=1S/C18H27NO9/c1-6-7-24-18(23)19-8-14-10(2)26-15(9-25-11(3)20)17(28-13(5)22)16(14)27-12(4)21/h6,10,14-17H,1,7-9H2,2-5H3,(H,19,23)/t10-,14?,15?,16?,17?/m0/s1. The third kappa shape index (κ3) is 7.55. The minimum absolute atomic E-state index is 0.0349. The fraction of sp³-hybridized carbons (Fsp3) is 0.667. The number of alkyl carbamates (subject to hydrolysis) is 1. The summed E-state index contributed by atoms with van der Waals surface area (Å²) in [5, 5.41) is 2.55. The topological polar surface area (TPSA) is 126 Å². The Hall–Kier alpha value is -2.62. The van der Waals surface area contributed by atoms with Crippen LogP contribution in [-0.4, -0.2) is 68.2 Å². The molecule has 10 heteroatoms. The minimum atomic E-state index is -1.02. The van der Waals surface area contributed by atoms with Gasteiger partial charge >= 0.3 is 24.0 Å². The number of ether oxygens (including phenoxy) is 5. The highest BCUT2D eigenvalue weighted by molar-refractivity contribution is 5.68. The summed E-state index contributed by atoms with van der Waals surface area (Å²) < 4.78 is 26.4. The molecule has 0 aromatic carbocycles. The predicted molar refractivity (Wildman–Crippen MR) is 95.1 cm³/mol. The minimum Gasteiger partial charge on any atom is -0.463 e. The Labute approximate surface area is 163 Å². The Kier molecular flexibility index (Phi) is 9.43. The van der Waals surface area contributed by atoms with Gasteiger partial charge in [0.15, 0.2) is 6.10 Å². The summed E-state index contributed by atoms with van der Waals surface area (Å²) in [7, 11) is 0. The first-order valence-electron chi connectivity index (χ1n) is 8.80. The molecular weight excluding hydrogens is 374 g/mol. The zero-order valence-electron chi connectivity index (χ0n) is 16.5. The average Bonchev–Trinajstić information content (AvgIpc) is 2.59. The molecule has 0 spiro atoms. The van der Waals surface area contributed by atoms with Gasteiger partial charge in [-0.15, -0.1) is 0 Å². The van der Waals surface area contributed by atoms with Crippen LogP contribution in [0.15, 0.2) is 12.7 Å². The normalized spacial score (nSPS) is 26.5. The lowest BCUT2D eigenvalue weighted by Crippen LogP contribution is -2.60. The van der Waals surface area contributed by atoms with Crippen LogP contribution in [0.4, 0.5) is 4.79 Å². The Morgan fingerprint density at radius 1 is 1.00 bits per heavy atom. The van der Waals surface area contributed by atoms with E-state index < -0.39 is 54.3 Å². The Balaban J connectivity index is 3.01. The Bertz CT molecular complexity index is 592. The maximum Gasteiger partial charge on any atom is 0.407 e. The van der Waals surface area contributed by atoms with Crippen LogP contribution in [0.5, 0.6) is 0 Å². The zero-order chi connectivity index (χ0) is 21.3. The summed E-state index contributed by atoms with van der Waals surface area (Å²) in [5.41, 5.74) is 0. The molecule has 0 bridgehead atoms.